The van der Waals surface area contributed by atoms with Gasteiger partial charge in [0.1, 0.15) is 0 Å². The molecule has 0 unspecified atom stereocenters. The van der Waals surface area contributed by atoms with Crippen molar-refractivity contribution in [3.8, 4) is 0 Å². The summed E-state index contributed by atoms with van der Waals surface area (Å²) in [4.78, 5) is 23.1. The van der Waals surface area contributed by atoms with Crippen LogP contribution in [0.15, 0.2) is 35.7 Å². The Morgan fingerprint density at radius 3 is 2.67 bits per heavy atom. The van der Waals surface area contributed by atoms with Crippen LogP contribution in [0, 0.1) is 0 Å². The molecule has 0 bridgehead atoms. The van der Waals surface area contributed by atoms with Gasteiger partial charge in [-0.15, -0.1) is 11.3 Å². The van der Waals surface area contributed by atoms with E-state index in [4.69, 9.17) is 23.8 Å². The van der Waals surface area contributed by atoms with E-state index in [-0.39, 0.29) is 27.3 Å². The van der Waals surface area contributed by atoms with Crippen LogP contribution < -0.4 is 15.7 Å². The van der Waals surface area contributed by atoms with Crippen LogP contribution in [0.2, 0.25) is 5.02 Å². The monoisotopic (exact) mass is 339 g/mol. The quantitative estimate of drug-likeness (QED) is 0.835. The summed E-state index contributed by atoms with van der Waals surface area (Å²) in [5.74, 6) is -1.68. The van der Waals surface area contributed by atoms with Gasteiger partial charge in [0.05, 0.1) is 21.6 Å². The number of hydrogen-bond donors (Lipinski definition) is 2. The molecule has 0 atom stereocenters. The van der Waals surface area contributed by atoms with Crippen molar-refractivity contribution >= 4 is 57.8 Å². The Balaban J connectivity index is 2.07. The fraction of sp³-hybridized carbons (Fsp3) is 0. The number of halogens is 1. The molecule has 21 heavy (non-hydrogen) atoms. The van der Waals surface area contributed by atoms with Crippen LogP contribution in [0.25, 0.3) is 0 Å². The Bertz CT molecular complexity index is 701. The van der Waals surface area contributed by atoms with E-state index in [1.54, 1.807) is 17.5 Å². The van der Waals surface area contributed by atoms with Gasteiger partial charge in [0.15, 0.2) is 5.11 Å². The number of carbonyl (C=O) groups excluding carboxylic acids is 2. The summed E-state index contributed by atoms with van der Waals surface area (Å²) in [6, 6.07) is 7.40. The van der Waals surface area contributed by atoms with E-state index in [0.29, 0.717) is 4.88 Å². The van der Waals surface area contributed by atoms with Crippen LogP contribution in [0.3, 0.4) is 0 Å². The summed E-state index contributed by atoms with van der Waals surface area (Å²) in [6.07, 6.45) is 0. The summed E-state index contributed by atoms with van der Waals surface area (Å²) in [5, 5.41) is 18.0. The molecule has 1 amide bonds. The summed E-state index contributed by atoms with van der Waals surface area (Å²) in [7, 11) is 0. The number of nitrogens with one attached hydrogen (secondary N) is 2. The Kier molecular flexibility index (Phi) is 4.89. The molecule has 0 spiro atoms. The molecule has 0 fully saturated rings. The molecular formula is C13H8ClN2O3S2-. The van der Waals surface area contributed by atoms with Crippen molar-refractivity contribution in [2.45, 2.75) is 0 Å². The number of anilines is 1. The number of carboxylic acids is 1. The standard InChI is InChI=1S/C13H9ClN2O3S2/c14-8-4-3-7(12(18)19)6-9(8)15-13(20)16-11(17)10-2-1-5-21-10/h1-6H,(H,18,19)(H2,15,16,17,20)/p-1. The maximum Gasteiger partial charge on any atom is 0.267 e. The molecule has 0 aliphatic heterocycles. The van der Waals surface area contributed by atoms with Gasteiger partial charge in [-0.25, -0.2) is 0 Å². The molecule has 8 heteroatoms. The molecule has 2 aromatic rings. The van der Waals surface area contributed by atoms with Crippen LogP contribution in [-0.2, 0) is 0 Å². The Labute approximate surface area is 134 Å². The molecule has 108 valence electrons. The number of carboxylic acid groups (broad SMARTS) is 1. The fourth-order valence-electron chi connectivity index (χ4n) is 1.47. The maximum atomic E-state index is 11.8. The number of thiophene rings is 1. The van der Waals surface area contributed by atoms with E-state index in [2.05, 4.69) is 10.6 Å². The smallest absolute Gasteiger partial charge is 0.267 e. The molecule has 1 heterocycles. The van der Waals surface area contributed by atoms with Crippen LogP contribution in [0.5, 0.6) is 0 Å². The predicted octanol–water partition coefficient (Wildman–Crippen LogP) is 1.89. The zero-order valence-corrected chi connectivity index (χ0v) is 12.8. The third-order valence-corrected chi connectivity index (χ3v) is 3.82. The highest BCUT2D eigenvalue weighted by molar-refractivity contribution is 7.80. The van der Waals surface area contributed by atoms with Crippen molar-refractivity contribution in [2.24, 2.45) is 0 Å². The summed E-state index contributed by atoms with van der Waals surface area (Å²) in [6.45, 7) is 0. The average molecular weight is 340 g/mol. The SMILES string of the molecule is O=C([O-])c1ccc(Cl)c(NC(=S)NC(=O)c2cccs2)c1. The zero-order chi connectivity index (χ0) is 15.4. The van der Waals surface area contributed by atoms with E-state index >= 15 is 0 Å². The van der Waals surface area contributed by atoms with Crippen molar-refractivity contribution in [1.29, 1.82) is 0 Å². The number of amides is 1. The second-order valence-corrected chi connectivity index (χ2v) is 5.63. The van der Waals surface area contributed by atoms with Gasteiger partial charge in [0, 0.05) is 0 Å². The van der Waals surface area contributed by atoms with Crippen molar-refractivity contribution in [3.63, 3.8) is 0 Å². The van der Waals surface area contributed by atoms with Crippen molar-refractivity contribution < 1.29 is 14.7 Å². The molecular weight excluding hydrogens is 332 g/mol. The number of thiocarbonyl (C=S) groups is 1. The Hall–Kier alpha value is -1.96. The minimum absolute atomic E-state index is 0.0193. The lowest BCUT2D eigenvalue weighted by Gasteiger charge is -2.12. The van der Waals surface area contributed by atoms with E-state index < -0.39 is 5.97 Å². The van der Waals surface area contributed by atoms with Crippen molar-refractivity contribution in [2.75, 3.05) is 5.32 Å². The molecule has 0 aliphatic rings. The van der Waals surface area contributed by atoms with Gasteiger partial charge >= 0.3 is 0 Å². The van der Waals surface area contributed by atoms with Crippen LogP contribution in [-0.4, -0.2) is 17.0 Å². The van der Waals surface area contributed by atoms with Gasteiger partial charge in [0.2, 0.25) is 0 Å². The zero-order valence-electron chi connectivity index (χ0n) is 10.4. The topological polar surface area (TPSA) is 81.3 Å². The number of carbonyl (C=O) groups is 2. The average Bonchev–Trinajstić information content (AvgIpc) is 2.95. The molecule has 1 aromatic carbocycles. The number of rotatable bonds is 3. The maximum absolute atomic E-state index is 11.8. The number of benzene rings is 1. The first kappa shape index (κ1) is 15.4. The van der Waals surface area contributed by atoms with Crippen LogP contribution in [0.4, 0.5) is 5.69 Å². The summed E-state index contributed by atoms with van der Waals surface area (Å²) < 4.78 is 0. The first-order valence-corrected chi connectivity index (χ1v) is 7.30. The third-order valence-electron chi connectivity index (χ3n) is 2.42. The van der Waals surface area contributed by atoms with E-state index in [9.17, 15) is 14.7 Å². The Morgan fingerprint density at radius 2 is 2.05 bits per heavy atom. The molecule has 1 aromatic heterocycles. The largest absolute Gasteiger partial charge is 0.545 e. The lowest BCUT2D eigenvalue weighted by Crippen LogP contribution is -2.33. The first-order chi connectivity index (χ1) is 9.97. The van der Waals surface area contributed by atoms with Gasteiger partial charge in [-0.05, 0) is 41.4 Å². The van der Waals surface area contributed by atoms with E-state index in [1.807, 2.05) is 0 Å². The molecule has 0 saturated heterocycles. The highest BCUT2D eigenvalue weighted by atomic mass is 35.5. The minimum atomic E-state index is -1.33. The van der Waals surface area contributed by atoms with Gasteiger partial charge in [-0.2, -0.15) is 0 Å². The second-order valence-electron chi connectivity index (χ2n) is 3.87. The fourth-order valence-corrected chi connectivity index (χ4v) is 2.46. The van der Waals surface area contributed by atoms with Crippen molar-refractivity contribution in [1.82, 2.24) is 5.32 Å². The van der Waals surface area contributed by atoms with Gasteiger partial charge in [0.25, 0.3) is 5.91 Å². The number of hydrogen-bond acceptors (Lipinski definition) is 5. The highest BCUT2D eigenvalue weighted by Gasteiger charge is 2.10. The summed E-state index contributed by atoms with van der Waals surface area (Å²) in [5.41, 5.74) is 0.226. The van der Waals surface area contributed by atoms with Gasteiger partial charge in [-0.3, -0.25) is 10.1 Å². The highest BCUT2D eigenvalue weighted by Crippen LogP contribution is 2.22. The molecule has 0 radical (unpaired) electrons. The van der Waals surface area contributed by atoms with Crippen molar-refractivity contribution in [3.05, 3.63) is 51.2 Å². The predicted molar refractivity (Wildman–Crippen MR) is 83.8 cm³/mol. The number of aromatic carboxylic acids is 1. The van der Waals surface area contributed by atoms with Gasteiger partial charge in [-0.1, -0.05) is 23.7 Å². The molecule has 0 saturated carbocycles. The summed E-state index contributed by atoms with van der Waals surface area (Å²) >= 11 is 12.2. The molecule has 0 aliphatic carbocycles. The molecule has 2 N–H and O–H groups in total. The molecule has 2 rings (SSSR count). The van der Waals surface area contributed by atoms with E-state index in [1.165, 1.54) is 29.5 Å². The second kappa shape index (κ2) is 6.66. The normalized spacial score (nSPS) is 9.95. The molecule has 5 nitrogen and oxygen atoms in total. The van der Waals surface area contributed by atoms with Gasteiger partial charge < -0.3 is 15.2 Å². The van der Waals surface area contributed by atoms with Crippen LogP contribution >= 0.6 is 35.2 Å². The Morgan fingerprint density at radius 1 is 1.29 bits per heavy atom. The first-order valence-electron chi connectivity index (χ1n) is 5.64. The third kappa shape index (κ3) is 4.01. The van der Waals surface area contributed by atoms with Crippen LogP contribution in [0.1, 0.15) is 20.0 Å². The minimum Gasteiger partial charge on any atom is -0.545 e. The lowest BCUT2D eigenvalue weighted by molar-refractivity contribution is -0.255. The lowest BCUT2D eigenvalue weighted by atomic mass is 10.2. The van der Waals surface area contributed by atoms with E-state index in [0.717, 1.165) is 0 Å².